The second-order valence-corrected chi connectivity index (χ2v) is 5.14. The highest BCUT2D eigenvalue weighted by Gasteiger charge is 2.10. The molecule has 0 fully saturated rings. The Balaban J connectivity index is 2.02. The Labute approximate surface area is 141 Å². The Morgan fingerprint density at radius 1 is 0.958 bits per heavy atom. The van der Waals surface area contributed by atoms with Crippen molar-refractivity contribution >= 4 is 29.0 Å². The van der Waals surface area contributed by atoms with E-state index in [1.165, 1.54) is 13.1 Å². The van der Waals surface area contributed by atoms with Gasteiger partial charge < -0.3 is 15.5 Å². The first-order valence-corrected chi connectivity index (χ1v) is 7.79. The maximum Gasteiger partial charge on any atom is 0.275 e. The molecule has 126 valence electrons. The van der Waals surface area contributed by atoms with Crippen molar-refractivity contribution in [3.8, 4) is 0 Å². The van der Waals surface area contributed by atoms with Crippen LogP contribution in [0.3, 0.4) is 0 Å². The average molecular weight is 327 g/mol. The zero-order valence-electron chi connectivity index (χ0n) is 14.0. The Hall–Kier alpha value is -2.96. The van der Waals surface area contributed by atoms with Gasteiger partial charge in [0, 0.05) is 31.4 Å². The monoisotopic (exact) mass is 327 g/mol. The van der Waals surface area contributed by atoms with Crippen molar-refractivity contribution in [2.75, 3.05) is 28.6 Å². The molecular weight excluding hydrogens is 306 g/mol. The Morgan fingerprint density at radius 2 is 1.54 bits per heavy atom. The maximum absolute atomic E-state index is 12.2. The van der Waals surface area contributed by atoms with Gasteiger partial charge in [0.15, 0.2) is 0 Å². The second-order valence-electron chi connectivity index (χ2n) is 5.14. The molecule has 2 amide bonds. The standard InChI is InChI=1S/C17H21N5O2/c1-4-22(5-2)16-11-18-15(10-19-16)17(24)21-14-8-6-13(7-9-14)20-12(3)23/h6-11H,4-5H2,1-3H3,(H,20,23)(H,21,24). The zero-order valence-corrected chi connectivity index (χ0v) is 14.0. The van der Waals surface area contributed by atoms with E-state index in [1.807, 2.05) is 13.8 Å². The summed E-state index contributed by atoms with van der Waals surface area (Å²) in [4.78, 5) is 33.7. The fourth-order valence-corrected chi connectivity index (χ4v) is 2.18. The first-order valence-electron chi connectivity index (χ1n) is 7.79. The van der Waals surface area contributed by atoms with Crippen LogP contribution in [0.1, 0.15) is 31.3 Å². The summed E-state index contributed by atoms with van der Waals surface area (Å²) in [5.74, 6) is 0.271. The molecule has 0 bridgehead atoms. The molecule has 1 aromatic carbocycles. The van der Waals surface area contributed by atoms with E-state index in [2.05, 4.69) is 25.5 Å². The van der Waals surface area contributed by atoms with Gasteiger partial charge in [-0.25, -0.2) is 9.97 Å². The van der Waals surface area contributed by atoms with E-state index in [9.17, 15) is 9.59 Å². The van der Waals surface area contributed by atoms with E-state index >= 15 is 0 Å². The van der Waals surface area contributed by atoms with Gasteiger partial charge in [-0.3, -0.25) is 9.59 Å². The van der Waals surface area contributed by atoms with Gasteiger partial charge in [0.05, 0.1) is 12.4 Å². The quantitative estimate of drug-likeness (QED) is 0.851. The molecular formula is C17H21N5O2. The largest absolute Gasteiger partial charge is 0.356 e. The number of rotatable bonds is 6. The molecule has 0 atom stereocenters. The SMILES string of the molecule is CCN(CC)c1cnc(C(=O)Nc2ccc(NC(C)=O)cc2)cn1. The number of carbonyl (C=O) groups is 2. The van der Waals surface area contributed by atoms with Crippen LogP contribution >= 0.6 is 0 Å². The summed E-state index contributed by atoms with van der Waals surface area (Å²) in [5.41, 5.74) is 1.53. The first-order chi connectivity index (χ1) is 11.5. The predicted octanol–water partition coefficient (Wildman–Crippen LogP) is 2.53. The van der Waals surface area contributed by atoms with Gasteiger partial charge in [0.2, 0.25) is 5.91 Å². The number of hydrogen-bond donors (Lipinski definition) is 2. The minimum atomic E-state index is -0.333. The molecule has 0 aliphatic rings. The Bertz CT molecular complexity index is 694. The molecule has 0 aliphatic carbocycles. The molecule has 0 saturated heterocycles. The van der Waals surface area contributed by atoms with E-state index in [0.717, 1.165) is 18.9 Å². The Morgan fingerprint density at radius 3 is 2.00 bits per heavy atom. The lowest BCUT2D eigenvalue weighted by atomic mass is 10.2. The number of carbonyl (C=O) groups excluding carboxylic acids is 2. The highest BCUT2D eigenvalue weighted by atomic mass is 16.2. The summed E-state index contributed by atoms with van der Waals surface area (Å²) in [6.07, 6.45) is 3.07. The summed E-state index contributed by atoms with van der Waals surface area (Å²) in [5, 5.41) is 5.41. The van der Waals surface area contributed by atoms with Crippen molar-refractivity contribution in [1.82, 2.24) is 9.97 Å². The molecule has 1 aromatic heterocycles. The summed E-state index contributed by atoms with van der Waals surface area (Å²) < 4.78 is 0. The molecule has 7 heteroatoms. The van der Waals surface area contributed by atoms with Crippen LogP contribution in [0.15, 0.2) is 36.7 Å². The van der Waals surface area contributed by atoms with Crippen molar-refractivity contribution in [2.24, 2.45) is 0 Å². The average Bonchev–Trinajstić information content (AvgIpc) is 2.58. The molecule has 0 unspecified atom stereocenters. The first kappa shape index (κ1) is 17.4. The van der Waals surface area contributed by atoms with Gasteiger partial charge >= 0.3 is 0 Å². The lowest BCUT2D eigenvalue weighted by molar-refractivity contribution is -0.114. The number of hydrogen-bond acceptors (Lipinski definition) is 5. The highest BCUT2D eigenvalue weighted by Crippen LogP contribution is 2.15. The van der Waals surface area contributed by atoms with E-state index in [-0.39, 0.29) is 17.5 Å². The minimum Gasteiger partial charge on any atom is -0.356 e. The van der Waals surface area contributed by atoms with E-state index < -0.39 is 0 Å². The topological polar surface area (TPSA) is 87.2 Å². The number of nitrogens with zero attached hydrogens (tertiary/aromatic N) is 3. The molecule has 0 saturated carbocycles. The van der Waals surface area contributed by atoms with E-state index in [4.69, 9.17) is 0 Å². The van der Waals surface area contributed by atoms with Crippen LogP contribution in [-0.4, -0.2) is 34.9 Å². The number of anilines is 3. The van der Waals surface area contributed by atoms with Crippen molar-refractivity contribution in [3.05, 3.63) is 42.4 Å². The fraction of sp³-hybridized carbons (Fsp3) is 0.294. The summed E-state index contributed by atoms with van der Waals surface area (Å²) >= 11 is 0. The molecule has 0 spiro atoms. The molecule has 24 heavy (non-hydrogen) atoms. The Kier molecular flexibility index (Phi) is 5.83. The van der Waals surface area contributed by atoms with E-state index in [0.29, 0.717) is 11.4 Å². The number of nitrogens with one attached hydrogen (secondary N) is 2. The lowest BCUT2D eigenvalue weighted by Crippen LogP contribution is -2.23. The van der Waals surface area contributed by atoms with Crippen molar-refractivity contribution in [1.29, 1.82) is 0 Å². The van der Waals surface area contributed by atoms with Crippen LogP contribution in [-0.2, 0) is 4.79 Å². The van der Waals surface area contributed by atoms with Gasteiger partial charge in [-0.1, -0.05) is 0 Å². The molecule has 2 N–H and O–H groups in total. The van der Waals surface area contributed by atoms with Gasteiger partial charge in [-0.15, -0.1) is 0 Å². The van der Waals surface area contributed by atoms with Crippen LogP contribution in [0.2, 0.25) is 0 Å². The second kappa shape index (κ2) is 8.05. The van der Waals surface area contributed by atoms with Crippen LogP contribution in [0.4, 0.5) is 17.2 Å². The molecule has 2 aromatic rings. The van der Waals surface area contributed by atoms with Gasteiger partial charge in [-0.05, 0) is 38.1 Å². The normalized spacial score (nSPS) is 10.1. The molecule has 2 rings (SSSR count). The number of benzene rings is 1. The van der Waals surface area contributed by atoms with Crippen molar-refractivity contribution in [2.45, 2.75) is 20.8 Å². The third kappa shape index (κ3) is 4.52. The third-order valence-electron chi connectivity index (χ3n) is 3.42. The van der Waals surface area contributed by atoms with Crippen molar-refractivity contribution < 1.29 is 9.59 Å². The maximum atomic E-state index is 12.2. The number of aromatic nitrogens is 2. The predicted molar refractivity (Wildman–Crippen MR) is 94.3 cm³/mol. The molecule has 7 nitrogen and oxygen atoms in total. The third-order valence-corrected chi connectivity index (χ3v) is 3.42. The molecule has 0 radical (unpaired) electrons. The number of amides is 2. The smallest absolute Gasteiger partial charge is 0.275 e. The zero-order chi connectivity index (χ0) is 17.5. The van der Waals surface area contributed by atoms with Crippen LogP contribution in [0.25, 0.3) is 0 Å². The lowest BCUT2D eigenvalue weighted by Gasteiger charge is -2.18. The summed E-state index contributed by atoms with van der Waals surface area (Å²) in [7, 11) is 0. The van der Waals surface area contributed by atoms with Crippen LogP contribution in [0.5, 0.6) is 0 Å². The van der Waals surface area contributed by atoms with Crippen LogP contribution < -0.4 is 15.5 Å². The fourth-order valence-electron chi connectivity index (χ4n) is 2.18. The van der Waals surface area contributed by atoms with E-state index in [1.54, 1.807) is 30.5 Å². The molecule has 0 aliphatic heterocycles. The van der Waals surface area contributed by atoms with Crippen molar-refractivity contribution in [3.63, 3.8) is 0 Å². The van der Waals surface area contributed by atoms with Crippen LogP contribution in [0, 0.1) is 0 Å². The van der Waals surface area contributed by atoms with Gasteiger partial charge in [0.25, 0.3) is 5.91 Å². The summed E-state index contributed by atoms with van der Waals surface area (Å²) in [6.45, 7) is 7.18. The molecule has 1 heterocycles. The highest BCUT2D eigenvalue weighted by molar-refractivity contribution is 6.02. The van der Waals surface area contributed by atoms with Gasteiger partial charge in [-0.2, -0.15) is 0 Å². The van der Waals surface area contributed by atoms with Gasteiger partial charge in [0.1, 0.15) is 11.5 Å². The summed E-state index contributed by atoms with van der Waals surface area (Å²) in [6, 6.07) is 6.85. The minimum absolute atomic E-state index is 0.143.